The van der Waals surface area contributed by atoms with Crippen molar-refractivity contribution in [3.63, 3.8) is 0 Å². The van der Waals surface area contributed by atoms with Gasteiger partial charge in [-0.05, 0) is 81.5 Å². The number of rotatable bonds is 11. The summed E-state index contributed by atoms with van der Waals surface area (Å²) in [7, 11) is -1.54. The molecule has 0 bridgehead atoms. The molecular formula is C20H31N3O5PS-. The van der Waals surface area contributed by atoms with Gasteiger partial charge in [0, 0.05) is 23.6 Å². The second-order valence-corrected chi connectivity index (χ2v) is 10.5. The zero-order valence-electron chi connectivity index (χ0n) is 17.8. The van der Waals surface area contributed by atoms with Crippen molar-refractivity contribution >= 4 is 29.7 Å². The summed E-state index contributed by atoms with van der Waals surface area (Å²) in [5.74, 6) is 0. The molecule has 0 radical (unpaired) electrons. The molecule has 1 aromatic carbocycles. The number of likely N-dealkylation sites (tertiary alicyclic amines) is 1. The first-order valence-electron chi connectivity index (χ1n) is 10.4. The number of hydrogen-bond donors (Lipinski definition) is 1. The van der Waals surface area contributed by atoms with Crippen LogP contribution >= 0.6 is 7.75 Å². The van der Waals surface area contributed by atoms with Crippen LogP contribution in [0.3, 0.4) is 0 Å². The van der Waals surface area contributed by atoms with Crippen LogP contribution in [-0.4, -0.2) is 63.2 Å². The molecule has 10 heteroatoms. The SMILES string of the molecule is CCOP(=O)(OCC)N(C)CCc1c[nH]c2cc(C(N3CCCC3)S(=O)[O-])ccc12. The molecule has 2 unspecified atom stereocenters. The van der Waals surface area contributed by atoms with Crippen LogP contribution < -0.4 is 0 Å². The number of likely N-dealkylation sites (N-methyl/N-ethyl adjacent to an activating group) is 1. The molecule has 3 rings (SSSR count). The van der Waals surface area contributed by atoms with E-state index in [4.69, 9.17) is 9.05 Å². The lowest BCUT2D eigenvalue weighted by Crippen LogP contribution is -2.28. The molecule has 2 atom stereocenters. The molecule has 30 heavy (non-hydrogen) atoms. The maximum absolute atomic E-state index is 12.9. The van der Waals surface area contributed by atoms with Crippen molar-refractivity contribution in [3.05, 3.63) is 35.5 Å². The molecule has 168 valence electrons. The van der Waals surface area contributed by atoms with Gasteiger partial charge in [0.1, 0.15) is 0 Å². The zero-order valence-corrected chi connectivity index (χ0v) is 19.5. The highest BCUT2D eigenvalue weighted by atomic mass is 32.2. The molecule has 1 N–H and O–H groups in total. The fourth-order valence-corrected chi connectivity index (χ4v) is 6.24. The Bertz CT molecular complexity index is 905. The Morgan fingerprint density at radius 1 is 1.27 bits per heavy atom. The van der Waals surface area contributed by atoms with Gasteiger partial charge < -0.3 is 9.54 Å². The van der Waals surface area contributed by atoms with Gasteiger partial charge in [-0.15, -0.1) is 0 Å². The molecule has 2 heterocycles. The summed E-state index contributed by atoms with van der Waals surface area (Å²) >= 11 is -2.21. The van der Waals surface area contributed by atoms with Crippen molar-refractivity contribution < 1.29 is 22.4 Å². The van der Waals surface area contributed by atoms with Gasteiger partial charge in [0.25, 0.3) is 0 Å². The number of fused-ring (bicyclic) bond motifs is 1. The second kappa shape index (κ2) is 10.5. The third-order valence-electron chi connectivity index (χ3n) is 5.44. The predicted octanol–water partition coefficient (Wildman–Crippen LogP) is 3.80. The van der Waals surface area contributed by atoms with Crippen molar-refractivity contribution in [1.82, 2.24) is 14.6 Å². The standard InChI is InChI=1S/C20H32N3O5PS/c1-4-27-29(24,28-5-2)22(3)13-10-17-15-21-19-14-16(8-9-18(17)19)20(30(25)26)23-11-6-7-12-23/h8-9,14-15,20-21H,4-7,10-13H2,1-3H3,(H,25,26)/p-1. The number of benzene rings is 1. The maximum atomic E-state index is 12.9. The van der Waals surface area contributed by atoms with Gasteiger partial charge in [-0.3, -0.25) is 18.2 Å². The van der Waals surface area contributed by atoms with E-state index in [1.807, 2.05) is 29.3 Å². The van der Waals surface area contributed by atoms with Gasteiger partial charge in [0.2, 0.25) is 0 Å². The Morgan fingerprint density at radius 2 is 1.93 bits per heavy atom. The molecule has 1 saturated heterocycles. The molecule has 1 aliphatic rings. The molecule has 1 fully saturated rings. The molecule has 0 amide bonds. The largest absolute Gasteiger partial charge is 0.771 e. The number of aromatic amines is 1. The van der Waals surface area contributed by atoms with Crippen molar-refractivity contribution in [1.29, 1.82) is 0 Å². The van der Waals surface area contributed by atoms with E-state index in [2.05, 4.69) is 4.98 Å². The minimum absolute atomic E-state index is 0.316. The van der Waals surface area contributed by atoms with Crippen molar-refractivity contribution in [2.24, 2.45) is 0 Å². The predicted molar refractivity (Wildman–Crippen MR) is 118 cm³/mol. The van der Waals surface area contributed by atoms with Gasteiger partial charge in [0.15, 0.2) is 0 Å². The first-order valence-corrected chi connectivity index (χ1v) is 13.1. The first-order chi connectivity index (χ1) is 14.4. The molecular weight excluding hydrogens is 425 g/mol. The number of aromatic nitrogens is 1. The maximum Gasteiger partial charge on any atom is 0.407 e. The summed E-state index contributed by atoms with van der Waals surface area (Å²) < 4.78 is 49.1. The molecule has 0 spiro atoms. The Kier molecular flexibility index (Phi) is 8.26. The van der Waals surface area contributed by atoms with Crippen LogP contribution in [0, 0.1) is 0 Å². The second-order valence-electron chi connectivity index (χ2n) is 7.41. The average Bonchev–Trinajstić information content (AvgIpc) is 3.36. The molecule has 0 aliphatic carbocycles. The Hall–Kier alpha value is -1.06. The third-order valence-corrected chi connectivity index (χ3v) is 8.58. The molecule has 1 aliphatic heterocycles. The minimum Gasteiger partial charge on any atom is -0.771 e. The quantitative estimate of drug-likeness (QED) is 0.406. The summed E-state index contributed by atoms with van der Waals surface area (Å²) in [5.41, 5.74) is 2.75. The van der Waals surface area contributed by atoms with E-state index in [-0.39, 0.29) is 0 Å². The summed E-state index contributed by atoms with van der Waals surface area (Å²) in [6.45, 7) is 6.33. The van der Waals surface area contributed by atoms with Crippen molar-refractivity contribution in [2.45, 2.75) is 38.5 Å². The van der Waals surface area contributed by atoms with Gasteiger partial charge >= 0.3 is 7.75 Å². The normalized spacial score (nSPS) is 17.8. The number of hydrogen-bond acceptors (Lipinski definition) is 6. The Labute approximate surface area is 180 Å². The fraction of sp³-hybridized carbons (Fsp3) is 0.600. The molecule has 0 saturated carbocycles. The highest BCUT2D eigenvalue weighted by Gasteiger charge is 2.30. The summed E-state index contributed by atoms with van der Waals surface area (Å²) in [6, 6.07) is 5.79. The molecule has 1 aromatic heterocycles. The first kappa shape index (κ1) is 23.6. The zero-order chi connectivity index (χ0) is 21.7. The van der Waals surface area contributed by atoms with Crippen LogP contribution in [0.1, 0.15) is 43.2 Å². The van der Waals surface area contributed by atoms with E-state index < -0.39 is 24.2 Å². The lowest BCUT2D eigenvalue weighted by atomic mass is 10.1. The van der Waals surface area contributed by atoms with E-state index in [0.29, 0.717) is 26.2 Å². The van der Waals surface area contributed by atoms with Crippen LogP contribution in [0.2, 0.25) is 0 Å². The smallest absolute Gasteiger partial charge is 0.407 e. The van der Waals surface area contributed by atoms with Crippen LogP contribution in [-0.2, 0) is 31.1 Å². The molecule has 2 aromatic rings. The van der Waals surface area contributed by atoms with Gasteiger partial charge in [0.05, 0.1) is 18.6 Å². The fourth-order valence-electron chi connectivity index (χ4n) is 3.95. The summed E-state index contributed by atoms with van der Waals surface area (Å²) in [6.07, 6.45) is 4.64. The summed E-state index contributed by atoms with van der Waals surface area (Å²) in [4.78, 5) is 5.27. The monoisotopic (exact) mass is 456 g/mol. The van der Waals surface area contributed by atoms with E-state index in [1.54, 1.807) is 25.6 Å². The van der Waals surface area contributed by atoms with Gasteiger partial charge in [-0.2, -0.15) is 0 Å². The van der Waals surface area contributed by atoms with Crippen LogP contribution in [0.25, 0.3) is 10.9 Å². The topological polar surface area (TPSA) is 97.9 Å². The van der Waals surface area contributed by atoms with Crippen molar-refractivity contribution in [2.75, 3.05) is 39.9 Å². The van der Waals surface area contributed by atoms with Crippen LogP contribution in [0.15, 0.2) is 24.4 Å². The number of nitrogens with one attached hydrogen (secondary N) is 1. The van der Waals surface area contributed by atoms with Crippen LogP contribution in [0.4, 0.5) is 0 Å². The lowest BCUT2D eigenvalue weighted by molar-refractivity contribution is 0.177. The van der Waals surface area contributed by atoms with Gasteiger partial charge in [-0.1, -0.05) is 12.1 Å². The number of nitrogens with zero attached hydrogens (tertiary/aromatic N) is 2. The highest BCUT2D eigenvalue weighted by molar-refractivity contribution is 7.79. The van der Waals surface area contributed by atoms with E-state index in [9.17, 15) is 13.3 Å². The van der Waals surface area contributed by atoms with E-state index in [1.165, 1.54) is 0 Å². The van der Waals surface area contributed by atoms with E-state index in [0.717, 1.165) is 48.0 Å². The Balaban J connectivity index is 1.75. The Morgan fingerprint density at radius 3 is 2.53 bits per heavy atom. The van der Waals surface area contributed by atoms with E-state index >= 15 is 0 Å². The molecule has 8 nitrogen and oxygen atoms in total. The van der Waals surface area contributed by atoms with Gasteiger partial charge in [-0.25, -0.2) is 9.24 Å². The minimum atomic E-state index is -3.28. The highest BCUT2D eigenvalue weighted by Crippen LogP contribution is 2.50. The van der Waals surface area contributed by atoms with Crippen molar-refractivity contribution in [3.8, 4) is 0 Å². The summed E-state index contributed by atoms with van der Waals surface area (Å²) in [5, 5.41) is 0.421. The third kappa shape index (κ3) is 5.22. The lowest BCUT2D eigenvalue weighted by Gasteiger charge is -2.29. The number of H-pyrrole nitrogens is 1. The average molecular weight is 457 g/mol. The van der Waals surface area contributed by atoms with Crippen LogP contribution in [0.5, 0.6) is 0 Å².